The van der Waals surface area contributed by atoms with Gasteiger partial charge in [-0.2, -0.15) is 0 Å². The van der Waals surface area contributed by atoms with Crippen LogP contribution in [0.3, 0.4) is 0 Å². The smallest absolute Gasteiger partial charge is 0.307 e. The first-order chi connectivity index (χ1) is 62.2. The van der Waals surface area contributed by atoms with Crippen molar-refractivity contribution in [2.75, 3.05) is 230 Å². The largest absolute Gasteiger partial charge is 0.497 e. The minimum atomic E-state index is -0.591. The summed E-state index contributed by atoms with van der Waals surface area (Å²) in [6, 6.07) is 7.66. The molecule has 0 amide bonds. The molecule has 1 rings (SSSR count). The second-order valence-electron chi connectivity index (χ2n) is 42.4. The molecule has 1 aromatic rings. The average Bonchev–Trinajstić information content (AvgIpc) is 0.928. The molecular formula is C102H189N7O24. The molecule has 31 nitrogen and oxygen atoms in total. The van der Waals surface area contributed by atoms with E-state index in [-0.39, 0.29) is 99.1 Å². The summed E-state index contributed by atoms with van der Waals surface area (Å²) in [5, 5.41) is 0. The van der Waals surface area contributed by atoms with Gasteiger partial charge in [0.2, 0.25) is 0 Å². The van der Waals surface area contributed by atoms with Gasteiger partial charge in [-0.15, -0.1) is 0 Å². The van der Waals surface area contributed by atoms with Gasteiger partial charge in [0.05, 0.1) is 65.1 Å². The van der Waals surface area contributed by atoms with Crippen LogP contribution in [-0.2, 0) is 105 Å². The fraction of sp³-hybridized carbons (Fsp3) is 0.863. The molecule has 31 heteroatoms. The quantitative estimate of drug-likeness (QED) is 0.0332. The lowest BCUT2D eigenvalue weighted by molar-refractivity contribution is -0.157. The molecule has 0 radical (unpaired) electrons. The lowest BCUT2D eigenvalue weighted by Gasteiger charge is -2.25. The van der Waals surface area contributed by atoms with E-state index < -0.39 is 44.8 Å². The van der Waals surface area contributed by atoms with Crippen molar-refractivity contribution in [1.82, 2.24) is 34.3 Å². The third kappa shape index (κ3) is 82.8. The van der Waals surface area contributed by atoms with Gasteiger partial charge in [0.1, 0.15) is 56.3 Å². The number of hydrogen-bond donors (Lipinski definition) is 0. The van der Waals surface area contributed by atoms with Crippen LogP contribution in [0.15, 0.2) is 24.3 Å². The predicted octanol–water partition coefficient (Wildman–Crippen LogP) is 15.2. The topological polar surface area (TPSA) is 307 Å². The van der Waals surface area contributed by atoms with Gasteiger partial charge in [-0.05, 0) is 274 Å². The summed E-state index contributed by atoms with van der Waals surface area (Å²) in [5.74, 6) is -0.670. The summed E-state index contributed by atoms with van der Waals surface area (Å²) in [6.45, 7) is 65.7. The minimum Gasteiger partial charge on any atom is -0.497 e. The number of rotatable bonds is 78. The molecule has 0 bridgehead atoms. The standard InChI is InChI=1S/C102H189N7O24/c1-95(2,3)126-87(110)43-64-106(65-44-88(111)127-96(4,5)6)59-34-80-121-74-28-53-103(54-29-75-122-81-35-60-107(66-45-89(112)128-97(7,8)9)67-46-90(113)129-98(10,11)12)51-26-72-119-78-32-57-105(63-38-84-125-86-41-39-85(118-25)40-42-86)58-33-79-120-73-27-52-104(55-30-76-123-82-36-61-108(68-47-91(114)130-99(13,14)15)69-48-92(115)131-100(16,17)18)56-31-77-124-83-37-62-109(70-49-93(116)132-101(19,20)21)71-50-94(117)133-102(22,23)24/h39-42H,26-38,43-84H2,1-25H3. The molecule has 0 spiro atoms. The summed E-state index contributed by atoms with van der Waals surface area (Å²) < 4.78 is 93.8. The third-order valence-electron chi connectivity index (χ3n) is 19.5. The minimum absolute atomic E-state index is 0.211. The number of benzene rings is 1. The maximum Gasteiger partial charge on any atom is 0.307 e. The van der Waals surface area contributed by atoms with E-state index in [2.05, 4.69) is 34.3 Å². The third-order valence-corrected chi connectivity index (χ3v) is 19.5. The van der Waals surface area contributed by atoms with Gasteiger partial charge in [0.25, 0.3) is 0 Å². The number of ether oxygens (including phenoxy) is 16. The van der Waals surface area contributed by atoms with Crippen molar-refractivity contribution in [2.24, 2.45) is 0 Å². The van der Waals surface area contributed by atoms with Crippen LogP contribution in [-0.4, -0.2) is 357 Å². The van der Waals surface area contributed by atoms with Crippen molar-refractivity contribution < 1.29 is 114 Å². The van der Waals surface area contributed by atoms with Crippen LogP contribution in [0, 0.1) is 0 Å². The average molecular weight is 1900 g/mol. The highest BCUT2D eigenvalue weighted by atomic mass is 16.6. The van der Waals surface area contributed by atoms with Gasteiger partial charge in [-0.25, -0.2) is 0 Å². The Morgan fingerprint density at radius 3 is 0.436 bits per heavy atom. The molecule has 0 aliphatic carbocycles. The first kappa shape index (κ1) is 125. The maximum atomic E-state index is 12.7. The Labute approximate surface area is 804 Å². The molecule has 0 saturated carbocycles. The van der Waals surface area contributed by atoms with Crippen LogP contribution in [0.5, 0.6) is 11.5 Å². The Bertz CT molecular complexity index is 2750. The van der Waals surface area contributed by atoms with E-state index in [1.54, 1.807) is 7.11 Å². The van der Waals surface area contributed by atoms with Gasteiger partial charge < -0.3 is 110 Å². The molecule has 0 unspecified atom stereocenters. The molecule has 0 atom stereocenters. The second-order valence-corrected chi connectivity index (χ2v) is 42.4. The van der Waals surface area contributed by atoms with Gasteiger partial charge in [-0.1, -0.05) is 0 Å². The highest BCUT2D eigenvalue weighted by Crippen LogP contribution is 2.21. The zero-order valence-electron chi connectivity index (χ0n) is 88.1. The van der Waals surface area contributed by atoms with Crippen molar-refractivity contribution >= 4 is 47.8 Å². The number of methoxy groups -OCH3 is 1. The molecule has 0 fully saturated rings. The molecule has 133 heavy (non-hydrogen) atoms. The Hall–Kier alpha value is -5.94. The summed E-state index contributed by atoms with van der Waals surface area (Å²) in [7, 11) is 1.65. The number of hydrogen-bond acceptors (Lipinski definition) is 31. The van der Waals surface area contributed by atoms with Crippen molar-refractivity contribution in [3.05, 3.63) is 24.3 Å². The zero-order valence-corrected chi connectivity index (χ0v) is 88.1. The second kappa shape index (κ2) is 69.8. The van der Waals surface area contributed by atoms with E-state index in [4.69, 9.17) is 75.8 Å². The number of nitrogens with zero attached hydrogens (tertiary/aromatic N) is 7. The van der Waals surface area contributed by atoms with Gasteiger partial charge in [-0.3, -0.25) is 38.4 Å². The zero-order chi connectivity index (χ0) is 99.8. The molecule has 1 aromatic carbocycles. The molecular weight excluding hydrogens is 1710 g/mol. The highest BCUT2D eigenvalue weighted by Gasteiger charge is 2.27. The van der Waals surface area contributed by atoms with Crippen LogP contribution < -0.4 is 9.47 Å². The summed E-state index contributed by atoms with van der Waals surface area (Å²) >= 11 is 0. The van der Waals surface area contributed by atoms with E-state index in [1.807, 2.05) is 190 Å². The van der Waals surface area contributed by atoms with Crippen molar-refractivity contribution in [1.29, 1.82) is 0 Å². The predicted molar refractivity (Wildman–Crippen MR) is 522 cm³/mol. The maximum absolute atomic E-state index is 12.7. The fourth-order valence-electron chi connectivity index (χ4n) is 13.9. The van der Waals surface area contributed by atoms with E-state index in [0.717, 1.165) is 154 Å². The van der Waals surface area contributed by atoms with Crippen LogP contribution in [0.25, 0.3) is 0 Å². The monoisotopic (exact) mass is 1900 g/mol. The first-order valence-electron chi connectivity index (χ1n) is 49.8. The molecule has 0 aliphatic rings. The molecule has 0 aliphatic heterocycles. The van der Waals surface area contributed by atoms with Crippen molar-refractivity contribution in [3.63, 3.8) is 0 Å². The Morgan fingerprint density at radius 2 is 0.308 bits per heavy atom. The summed E-state index contributed by atoms with van der Waals surface area (Å²) in [4.78, 5) is 118. The molecule has 0 heterocycles. The number of carbonyl (C=O) groups excluding carboxylic acids is 8. The van der Waals surface area contributed by atoms with Crippen LogP contribution >= 0.6 is 0 Å². The number of esters is 8. The van der Waals surface area contributed by atoms with Crippen LogP contribution in [0.1, 0.15) is 301 Å². The van der Waals surface area contributed by atoms with Crippen molar-refractivity contribution in [3.8, 4) is 11.5 Å². The van der Waals surface area contributed by atoms with E-state index in [1.165, 1.54) is 0 Å². The van der Waals surface area contributed by atoms with E-state index >= 15 is 0 Å². The van der Waals surface area contributed by atoms with Gasteiger partial charge in [0.15, 0.2) is 0 Å². The van der Waals surface area contributed by atoms with Gasteiger partial charge >= 0.3 is 47.8 Å². The highest BCUT2D eigenvalue weighted by molar-refractivity contribution is 5.73. The summed E-state index contributed by atoms with van der Waals surface area (Å²) in [6.07, 6.45) is 12.2. The van der Waals surface area contributed by atoms with E-state index in [0.29, 0.717) is 164 Å². The molecule has 776 valence electrons. The Balaban J connectivity index is 3.20. The van der Waals surface area contributed by atoms with Crippen LogP contribution in [0.2, 0.25) is 0 Å². The van der Waals surface area contributed by atoms with Gasteiger partial charge in [0, 0.05) is 217 Å². The lowest BCUT2D eigenvalue weighted by Crippen LogP contribution is -2.33. The van der Waals surface area contributed by atoms with Crippen molar-refractivity contribution in [2.45, 2.75) is 346 Å². The van der Waals surface area contributed by atoms with E-state index in [9.17, 15) is 38.4 Å². The normalized spacial score (nSPS) is 12.7. The fourth-order valence-corrected chi connectivity index (χ4v) is 13.9. The molecule has 0 N–H and O–H groups in total. The van der Waals surface area contributed by atoms with Crippen LogP contribution in [0.4, 0.5) is 0 Å². The molecule has 0 aromatic heterocycles. The Morgan fingerprint density at radius 1 is 0.188 bits per heavy atom. The molecule has 0 saturated heterocycles. The summed E-state index contributed by atoms with van der Waals surface area (Å²) in [5.41, 5.74) is -4.73. The first-order valence-corrected chi connectivity index (χ1v) is 49.8. The Kier molecular flexibility index (Phi) is 65.6. The number of carbonyl (C=O) groups is 8. The SMILES string of the molecule is COc1ccc(OCCCN(CCCOCCCN(CCCOCCCN(CCC(=O)OC(C)(C)C)CCC(=O)OC(C)(C)C)CCCOCCCN(CCC(=O)OC(C)(C)C)CCC(=O)OC(C)(C)C)CCCOCCCN(CCCOCCCN(CCC(=O)OC(C)(C)C)CCC(=O)OC(C)(C)C)CCCOCCCN(CCC(=O)OC(C)(C)C)CCC(=O)OC(C)(C)C)cc1. The lowest BCUT2D eigenvalue weighted by atomic mass is 10.2.